The molecule has 11 heavy (non-hydrogen) atoms. The minimum atomic E-state index is 0.383. The maximum absolute atomic E-state index is 8.93. The number of hydrogen-bond acceptors (Lipinski definition) is 2. The summed E-state index contributed by atoms with van der Waals surface area (Å²) < 4.78 is 0. The van der Waals surface area contributed by atoms with E-state index < -0.39 is 0 Å². The van der Waals surface area contributed by atoms with Crippen LogP contribution in [0.3, 0.4) is 0 Å². The molecule has 4 bridgehead atoms. The van der Waals surface area contributed by atoms with Gasteiger partial charge in [-0.25, -0.2) is 0 Å². The van der Waals surface area contributed by atoms with E-state index in [1.54, 1.807) is 0 Å². The Morgan fingerprint density at radius 2 is 2.18 bits per heavy atom. The third kappa shape index (κ3) is 0.605. The second-order valence-electron chi connectivity index (χ2n) is 4.27. The zero-order chi connectivity index (χ0) is 7.42. The molecule has 58 valence electrons. The molecule has 0 N–H and O–H groups in total. The molecule has 5 atom stereocenters. The van der Waals surface area contributed by atoms with Gasteiger partial charge in [0.2, 0.25) is 0 Å². The van der Waals surface area contributed by atoms with Crippen molar-refractivity contribution >= 4 is 0 Å². The fourth-order valence-electron chi connectivity index (χ4n) is 3.36. The van der Waals surface area contributed by atoms with Gasteiger partial charge in [0.15, 0.2) is 0 Å². The van der Waals surface area contributed by atoms with E-state index in [2.05, 4.69) is 11.0 Å². The van der Waals surface area contributed by atoms with E-state index in [9.17, 15) is 0 Å². The van der Waals surface area contributed by atoms with Gasteiger partial charge in [0.25, 0.3) is 0 Å². The fraction of sp³-hybridized carbons (Fsp3) is 0.889. The quantitative estimate of drug-likeness (QED) is 0.509. The maximum Gasteiger partial charge on any atom is 0.0675 e. The van der Waals surface area contributed by atoms with Crippen LogP contribution >= 0.6 is 0 Å². The summed E-state index contributed by atoms with van der Waals surface area (Å²) in [7, 11) is 0. The topological polar surface area (TPSA) is 27.0 Å². The lowest BCUT2D eigenvalue weighted by Gasteiger charge is -2.26. The predicted octanol–water partition coefficient (Wildman–Crippen LogP) is 0.850. The van der Waals surface area contributed by atoms with Crippen LogP contribution in [0.25, 0.3) is 0 Å². The summed E-state index contributed by atoms with van der Waals surface area (Å²) in [5.74, 6) is 2.06. The Kier molecular flexibility index (Phi) is 0.976. The van der Waals surface area contributed by atoms with Crippen LogP contribution in [0.2, 0.25) is 0 Å². The highest BCUT2D eigenvalue weighted by molar-refractivity contribution is 5.11. The molecule has 4 rings (SSSR count). The molecule has 2 heteroatoms. The van der Waals surface area contributed by atoms with Crippen molar-refractivity contribution in [3.8, 4) is 6.07 Å². The van der Waals surface area contributed by atoms with Crippen LogP contribution in [-0.2, 0) is 0 Å². The summed E-state index contributed by atoms with van der Waals surface area (Å²) in [4.78, 5) is 2.53. The van der Waals surface area contributed by atoms with Crippen LogP contribution < -0.4 is 0 Å². The van der Waals surface area contributed by atoms with Crippen molar-refractivity contribution in [2.24, 2.45) is 17.8 Å². The summed E-state index contributed by atoms with van der Waals surface area (Å²) in [6.07, 6.45) is 2.65. The second kappa shape index (κ2) is 1.78. The van der Waals surface area contributed by atoms with Gasteiger partial charge in [-0.1, -0.05) is 0 Å². The Morgan fingerprint density at radius 3 is 2.91 bits per heavy atom. The third-order valence-electron chi connectivity index (χ3n) is 3.71. The summed E-state index contributed by atoms with van der Waals surface area (Å²) in [6.45, 7) is 2.51. The van der Waals surface area contributed by atoms with Gasteiger partial charge in [0.05, 0.1) is 12.0 Å². The molecule has 0 aromatic heterocycles. The zero-order valence-electron chi connectivity index (χ0n) is 6.53. The molecule has 0 spiro atoms. The van der Waals surface area contributed by atoms with Gasteiger partial charge in [-0.3, -0.25) is 4.90 Å². The van der Waals surface area contributed by atoms with Gasteiger partial charge in [-0.15, -0.1) is 0 Å². The molecule has 0 aromatic rings. The highest BCUT2D eigenvalue weighted by Crippen LogP contribution is 2.48. The van der Waals surface area contributed by atoms with E-state index in [-0.39, 0.29) is 0 Å². The third-order valence-corrected chi connectivity index (χ3v) is 3.71. The highest BCUT2D eigenvalue weighted by atomic mass is 15.2. The van der Waals surface area contributed by atoms with Crippen LogP contribution in [-0.4, -0.2) is 24.0 Å². The molecular formula is C9H12N2. The lowest BCUT2D eigenvalue weighted by atomic mass is 9.76. The highest BCUT2D eigenvalue weighted by Gasteiger charge is 2.52. The van der Waals surface area contributed by atoms with Crippen molar-refractivity contribution in [2.45, 2.75) is 18.9 Å². The van der Waals surface area contributed by atoms with Gasteiger partial charge in [-0.05, 0) is 24.7 Å². The normalized spacial score (nSPS) is 58.3. The van der Waals surface area contributed by atoms with Gasteiger partial charge < -0.3 is 0 Å². The standard InChI is InChI=1S/C9H12N2/c10-3-8-7-1-6-2-9(8)11(4-6)5-7/h6-9H,1-2,4-5H2/t6-,7-,8-,9-/m0/s1. The van der Waals surface area contributed by atoms with Crippen LogP contribution in [0.4, 0.5) is 0 Å². The van der Waals surface area contributed by atoms with E-state index in [1.807, 2.05) is 0 Å². The van der Waals surface area contributed by atoms with Gasteiger partial charge in [0, 0.05) is 19.1 Å². The number of rotatable bonds is 0. The van der Waals surface area contributed by atoms with Crippen molar-refractivity contribution in [1.29, 1.82) is 5.26 Å². The van der Waals surface area contributed by atoms with E-state index in [0.29, 0.717) is 12.0 Å². The zero-order valence-corrected chi connectivity index (χ0v) is 6.53. The molecule has 1 saturated carbocycles. The first kappa shape index (κ1) is 6.02. The van der Waals surface area contributed by atoms with Crippen molar-refractivity contribution in [3.63, 3.8) is 0 Å². The number of piperidine rings is 1. The first-order valence-corrected chi connectivity index (χ1v) is 4.52. The van der Waals surface area contributed by atoms with Crippen molar-refractivity contribution < 1.29 is 0 Å². The molecule has 1 unspecified atom stereocenters. The molecule has 1 aliphatic carbocycles. The molecule has 0 aromatic carbocycles. The molecule has 3 saturated heterocycles. The smallest absolute Gasteiger partial charge is 0.0675 e. The first-order valence-electron chi connectivity index (χ1n) is 4.52. The monoisotopic (exact) mass is 148 g/mol. The van der Waals surface area contributed by atoms with E-state index in [0.717, 1.165) is 11.8 Å². The second-order valence-corrected chi connectivity index (χ2v) is 4.27. The van der Waals surface area contributed by atoms with E-state index >= 15 is 0 Å². The van der Waals surface area contributed by atoms with Crippen molar-refractivity contribution in [2.75, 3.05) is 13.1 Å². The SMILES string of the molecule is N#C[C@H]1[C@H]2C[C@H]3C[C@@H]1N(C3)C2. The molecule has 0 radical (unpaired) electrons. The lowest BCUT2D eigenvalue weighted by molar-refractivity contribution is 0.252. The molecule has 4 fully saturated rings. The van der Waals surface area contributed by atoms with Gasteiger partial charge in [0.1, 0.15) is 0 Å². The first-order chi connectivity index (χ1) is 5.38. The predicted molar refractivity (Wildman–Crippen MR) is 40.7 cm³/mol. The number of hydrogen-bond donors (Lipinski definition) is 0. The minimum Gasteiger partial charge on any atom is -0.298 e. The Bertz CT molecular complexity index is 226. The lowest BCUT2D eigenvalue weighted by Crippen LogP contribution is -2.27. The number of nitriles is 1. The van der Waals surface area contributed by atoms with Gasteiger partial charge >= 0.3 is 0 Å². The van der Waals surface area contributed by atoms with Gasteiger partial charge in [-0.2, -0.15) is 5.26 Å². The van der Waals surface area contributed by atoms with E-state index in [4.69, 9.17) is 5.26 Å². The summed E-state index contributed by atoms with van der Waals surface area (Å²) >= 11 is 0. The summed E-state index contributed by atoms with van der Waals surface area (Å²) in [6, 6.07) is 3.14. The Balaban J connectivity index is 1.98. The molecule has 3 aliphatic heterocycles. The summed E-state index contributed by atoms with van der Waals surface area (Å²) in [5, 5.41) is 8.93. The average Bonchev–Trinajstić information content (AvgIpc) is 2.40. The summed E-state index contributed by atoms with van der Waals surface area (Å²) in [5.41, 5.74) is 0. The largest absolute Gasteiger partial charge is 0.298 e. The average molecular weight is 148 g/mol. The Labute approximate surface area is 66.8 Å². The van der Waals surface area contributed by atoms with Crippen molar-refractivity contribution in [1.82, 2.24) is 4.90 Å². The van der Waals surface area contributed by atoms with Crippen LogP contribution in [0.1, 0.15) is 12.8 Å². The van der Waals surface area contributed by atoms with Crippen LogP contribution in [0, 0.1) is 29.1 Å². The maximum atomic E-state index is 8.93. The Morgan fingerprint density at radius 1 is 1.27 bits per heavy atom. The number of nitrogens with zero attached hydrogens (tertiary/aromatic N) is 2. The molecule has 2 nitrogen and oxygen atoms in total. The van der Waals surface area contributed by atoms with E-state index in [1.165, 1.54) is 25.9 Å². The van der Waals surface area contributed by atoms with Crippen molar-refractivity contribution in [3.05, 3.63) is 0 Å². The molecule has 4 aliphatic rings. The Hall–Kier alpha value is -0.550. The van der Waals surface area contributed by atoms with Crippen LogP contribution in [0.15, 0.2) is 0 Å². The molecular weight excluding hydrogens is 136 g/mol. The minimum absolute atomic E-state index is 0.383. The molecule has 3 heterocycles. The van der Waals surface area contributed by atoms with Crippen LogP contribution in [0.5, 0.6) is 0 Å². The fourth-order valence-corrected chi connectivity index (χ4v) is 3.36. The molecule has 0 amide bonds.